The highest BCUT2D eigenvalue weighted by molar-refractivity contribution is 6.04. The van der Waals surface area contributed by atoms with E-state index in [0.717, 1.165) is 6.08 Å². The van der Waals surface area contributed by atoms with Crippen LogP contribution >= 0.6 is 0 Å². The van der Waals surface area contributed by atoms with Crippen molar-refractivity contribution in [3.8, 4) is 11.5 Å². The number of ether oxygens (including phenoxy) is 2. The predicted molar refractivity (Wildman–Crippen MR) is 97.2 cm³/mol. The Morgan fingerprint density at radius 1 is 1.04 bits per heavy atom. The zero-order valence-corrected chi connectivity index (χ0v) is 14.3. The third-order valence-corrected chi connectivity index (χ3v) is 3.36. The fraction of sp³-hybridized carbons (Fsp3) is 0.105. The Morgan fingerprint density at radius 3 is 2.33 bits per heavy atom. The van der Waals surface area contributed by atoms with Crippen LogP contribution in [0.15, 0.2) is 48.5 Å². The number of methoxy groups -OCH3 is 1. The van der Waals surface area contributed by atoms with E-state index >= 15 is 0 Å². The number of carboxylic acid groups (broad SMARTS) is 2. The Labute approximate surface area is 154 Å². The van der Waals surface area contributed by atoms with Gasteiger partial charge in [0.05, 0.1) is 7.11 Å². The Bertz CT molecular complexity index is 872. The quantitative estimate of drug-likeness (QED) is 0.609. The molecule has 0 saturated heterocycles. The number of carboxylic acids is 2. The predicted octanol–water partition coefficient (Wildman–Crippen LogP) is 2.51. The maximum absolute atomic E-state index is 12.4. The highest BCUT2D eigenvalue weighted by atomic mass is 16.5. The molecule has 0 aliphatic carbocycles. The zero-order chi connectivity index (χ0) is 19.8. The van der Waals surface area contributed by atoms with Crippen LogP contribution in [0.2, 0.25) is 0 Å². The number of anilines is 1. The topological polar surface area (TPSA) is 122 Å². The summed E-state index contributed by atoms with van der Waals surface area (Å²) in [5.41, 5.74) is 1.50. The van der Waals surface area contributed by atoms with Crippen molar-refractivity contribution in [3.05, 3.63) is 59.7 Å². The Balaban J connectivity index is 2.08. The highest BCUT2D eigenvalue weighted by Gasteiger charge is 2.12. The smallest absolute Gasteiger partial charge is 0.341 e. The molecule has 8 heteroatoms. The van der Waals surface area contributed by atoms with Crippen molar-refractivity contribution in [2.75, 3.05) is 19.0 Å². The summed E-state index contributed by atoms with van der Waals surface area (Å²) in [4.78, 5) is 33.5. The number of amides is 1. The lowest BCUT2D eigenvalue weighted by atomic mass is 10.1. The lowest BCUT2D eigenvalue weighted by molar-refractivity contribution is -0.139. The molecule has 0 fully saturated rings. The van der Waals surface area contributed by atoms with Gasteiger partial charge < -0.3 is 25.0 Å². The molecule has 0 saturated carbocycles. The minimum absolute atomic E-state index is 0.214. The minimum Gasteiger partial charge on any atom is -0.493 e. The molecule has 0 atom stereocenters. The van der Waals surface area contributed by atoms with Gasteiger partial charge in [-0.1, -0.05) is 12.1 Å². The molecule has 0 radical (unpaired) electrons. The second-order valence-electron chi connectivity index (χ2n) is 5.30. The van der Waals surface area contributed by atoms with Gasteiger partial charge >= 0.3 is 11.9 Å². The largest absolute Gasteiger partial charge is 0.493 e. The lowest BCUT2D eigenvalue weighted by Gasteiger charge is -2.11. The molecule has 0 heterocycles. The summed E-state index contributed by atoms with van der Waals surface area (Å²) >= 11 is 0. The van der Waals surface area contributed by atoms with E-state index in [1.54, 1.807) is 24.3 Å². The van der Waals surface area contributed by atoms with Gasteiger partial charge in [-0.3, -0.25) is 4.79 Å². The van der Waals surface area contributed by atoms with Crippen molar-refractivity contribution in [3.63, 3.8) is 0 Å². The van der Waals surface area contributed by atoms with Crippen LogP contribution in [0.4, 0.5) is 5.69 Å². The van der Waals surface area contributed by atoms with Gasteiger partial charge in [0, 0.05) is 17.3 Å². The van der Waals surface area contributed by atoms with Gasteiger partial charge in [-0.05, 0) is 42.0 Å². The molecule has 0 aliphatic heterocycles. The van der Waals surface area contributed by atoms with Gasteiger partial charge in [-0.15, -0.1) is 0 Å². The Kier molecular flexibility index (Phi) is 6.54. The molecule has 8 nitrogen and oxygen atoms in total. The van der Waals surface area contributed by atoms with Crippen molar-refractivity contribution >= 4 is 29.6 Å². The molecule has 3 N–H and O–H groups in total. The van der Waals surface area contributed by atoms with E-state index in [2.05, 4.69) is 5.32 Å². The first kappa shape index (κ1) is 19.5. The first-order valence-electron chi connectivity index (χ1n) is 7.74. The number of hydrogen-bond donors (Lipinski definition) is 3. The fourth-order valence-electron chi connectivity index (χ4n) is 2.12. The first-order chi connectivity index (χ1) is 12.9. The van der Waals surface area contributed by atoms with E-state index in [4.69, 9.17) is 19.7 Å². The van der Waals surface area contributed by atoms with Gasteiger partial charge in [0.1, 0.15) is 0 Å². The van der Waals surface area contributed by atoms with Gasteiger partial charge in [0.25, 0.3) is 5.91 Å². The number of hydrogen-bond acceptors (Lipinski definition) is 5. The van der Waals surface area contributed by atoms with E-state index in [1.165, 1.54) is 31.4 Å². The summed E-state index contributed by atoms with van der Waals surface area (Å²) < 4.78 is 10.2. The SMILES string of the molecule is COc1cc(C(=O)Nc2ccc(C=CC(=O)O)cc2)ccc1OCC(=O)O. The maximum atomic E-state index is 12.4. The normalized spacial score (nSPS) is 10.4. The van der Waals surface area contributed by atoms with Crippen molar-refractivity contribution in [1.29, 1.82) is 0 Å². The summed E-state index contributed by atoms with van der Waals surface area (Å²) in [6.07, 6.45) is 2.46. The van der Waals surface area contributed by atoms with Gasteiger partial charge in [-0.2, -0.15) is 0 Å². The van der Waals surface area contributed by atoms with E-state index in [9.17, 15) is 14.4 Å². The second-order valence-corrected chi connectivity index (χ2v) is 5.30. The summed E-state index contributed by atoms with van der Waals surface area (Å²) in [5, 5.41) is 20.0. The third-order valence-electron chi connectivity index (χ3n) is 3.36. The number of carbonyl (C=O) groups is 3. The summed E-state index contributed by atoms with van der Waals surface area (Å²) in [6.45, 7) is -0.523. The number of carbonyl (C=O) groups excluding carboxylic acids is 1. The average molecular weight is 371 g/mol. The number of aliphatic carboxylic acids is 2. The molecule has 0 aliphatic rings. The van der Waals surface area contributed by atoms with Crippen molar-refractivity contribution in [2.24, 2.45) is 0 Å². The maximum Gasteiger partial charge on any atom is 0.341 e. The van der Waals surface area contributed by atoms with Crippen LogP contribution < -0.4 is 14.8 Å². The van der Waals surface area contributed by atoms with Crippen LogP contribution in [-0.2, 0) is 9.59 Å². The van der Waals surface area contributed by atoms with Crippen LogP contribution in [0.1, 0.15) is 15.9 Å². The minimum atomic E-state index is -1.12. The zero-order valence-electron chi connectivity index (χ0n) is 14.3. The van der Waals surface area contributed by atoms with Crippen LogP contribution in [0.5, 0.6) is 11.5 Å². The molecule has 140 valence electrons. The molecule has 27 heavy (non-hydrogen) atoms. The van der Waals surface area contributed by atoms with Crippen molar-refractivity contribution in [1.82, 2.24) is 0 Å². The molecular weight excluding hydrogens is 354 g/mol. The second kappa shape index (κ2) is 9.04. The lowest BCUT2D eigenvalue weighted by Crippen LogP contribution is -2.13. The van der Waals surface area contributed by atoms with E-state index < -0.39 is 24.5 Å². The van der Waals surface area contributed by atoms with E-state index in [-0.39, 0.29) is 11.5 Å². The molecule has 2 aromatic rings. The number of rotatable bonds is 8. The standard InChI is InChI=1S/C19H17NO7/c1-26-16-10-13(5-8-15(16)27-11-18(23)24)19(25)20-14-6-2-12(3-7-14)4-9-17(21)22/h2-10H,11H2,1H3,(H,20,25)(H,21,22)(H,23,24). The molecule has 1 amide bonds. The molecule has 0 unspecified atom stereocenters. The van der Waals surface area contributed by atoms with Crippen LogP contribution in [-0.4, -0.2) is 41.8 Å². The monoisotopic (exact) mass is 371 g/mol. The highest BCUT2D eigenvalue weighted by Crippen LogP contribution is 2.28. The third kappa shape index (κ3) is 5.89. The Hall–Kier alpha value is -3.81. The van der Waals surface area contributed by atoms with Gasteiger partial charge in [-0.25, -0.2) is 9.59 Å². The van der Waals surface area contributed by atoms with Gasteiger partial charge in [0.15, 0.2) is 18.1 Å². The molecule has 2 rings (SSSR count). The van der Waals surface area contributed by atoms with Crippen LogP contribution in [0.25, 0.3) is 6.08 Å². The van der Waals surface area contributed by atoms with Crippen LogP contribution in [0.3, 0.4) is 0 Å². The molecule has 0 spiro atoms. The fourth-order valence-corrected chi connectivity index (χ4v) is 2.12. The summed E-state index contributed by atoms with van der Waals surface area (Å²) in [7, 11) is 1.38. The average Bonchev–Trinajstić information content (AvgIpc) is 2.65. The molecular formula is C19H17NO7. The van der Waals surface area contributed by atoms with E-state index in [0.29, 0.717) is 16.8 Å². The molecule has 0 bridgehead atoms. The summed E-state index contributed by atoms with van der Waals surface area (Å²) in [5.74, 6) is -2.12. The number of benzene rings is 2. The van der Waals surface area contributed by atoms with Crippen molar-refractivity contribution in [2.45, 2.75) is 0 Å². The van der Waals surface area contributed by atoms with E-state index in [1.807, 2.05) is 0 Å². The first-order valence-corrected chi connectivity index (χ1v) is 7.74. The van der Waals surface area contributed by atoms with Gasteiger partial charge in [0.2, 0.25) is 0 Å². The number of nitrogens with one attached hydrogen (secondary N) is 1. The summed E-state index contributed by atoms with van der Waals surface area (Å²) in [6, 6.07) is 11.0. The molecule has 0 aromatic heterocycles. The van der Waals surface area contributed by atoms with Crippen molar-refractivity contribution < 1.29 is 34.1 Å². The molecule has 2 aromatic carbocycles. The van der Waals surface area contributed by atoms with Crippen LogP contribution in [0, 0.1) is 0 Å². The Morgan fingerprint density at radius 2 is 1.74 bits per heavy atom.